The van der Waals surface area contributed by atoms with Gasteiger partial charge in [-0.25, -0.2) is 4.79 Å². The van der Waals surface area contributed by atoms with Crippen LogP contribution in [0.1, 0.15) is 34.1 Å². The van der Waals surface area contributed by atoms with Crippen molar-refractivity contribution in [1.29, 1.82) is 26.3 Å². The van der Waals surface area contributed by atoms with Crippen LogP contribution < -0.4 is 4.90 Å². The Kier molecular flexibility index (Phi) is 7.98. The number of fused-ring (bicyclic) bond motifs is 2. The number of allylic oxidation sites excluding steroid dienone is 6. The van der Waals surface area contributed by atoms with E-state index >= 15 is 0 Å². The van der Waals surface area contributed by atoms with Gasteiger partial charge in [0.2, 0.25) is 0 Å². The van der Waals surface area contributed by atoms with E-state index in [1.807, 2.05) is 55.4 Å². The summed E-state index contributed by atoms with van der Waals surface area (Å²) in [6, 6.07) is 20.3. The van der Waals surface area contributed by atoms with Crippen LogP contribution in [0, 0.1) is 56.7 Å². The fourth-order valence-corrected chi connectivity index (χ4v) is 5.71. The highest BCUT2D eigenvalue weighted by Gasteiger charge is 2.37. The van der Waals surface area contributed by atoms with Crippen LogP contribution in [-0.4, -0.2) is 37.3 Å². The number of carbonyl (C=O) groups is 1. The molecule has 9 nitrogen and oxygen atoms in total. The molecule has 0 saturated carbocycles. The first kappa shape index (κ1) is 28.3. The Morgan fingerprint density at radius 3 is 1.90 bits per heavy atom. The monoisotopic (exact) mass is 555 g/mol. The topological polar surface area (TPSA) is 153 Å². The first-order chi connectivity index (χ1) is 19.8. The van der Waals surface area contributed by atoms with E-state index in [2.05, 4.69) is 6.07 Å². The number of nitrogens with zero attached hydrogens (tertiary/aromatic N) is 7. The fraction of sp³-hybridized carbons (Fsp3) is 0.161. The normalized spacial score (nSPS) is 11.4. The largest absolute Gasteiger partial charge is 0.461 e. The molecule has 0 unspecified atom stereocenters. The van der Waals surface area contributed by atoms with Crippen LogP contribution in [0.2, 0.25) is 0 Å². The number of nitriles is 5. The summed E-state index contributed by atoms with van der Waals surface area (Å²) >= 11 is 1.23. The summed E-state index contributed by atoms with van der Waals surface area (Å²) in [5.74, 6) is -0.594. The summed E-state index contributed by atoms with van der Waals surface area (Å²) in [5.41, 5.74) is 2.58. The highest BCUT2D eigenvalue weighted by Crippen LogP contribution is 2.52. The fourth-order valence-electron chi connectivity index (χ4n) is 4.92. The van der Waals surface area contributed by atoms with E-state index < -0.39 is 5.97 Å². The van der Waals surface area contributed by atoms with E-state index in [0.717, 1.165) is 5.69 Å². The van der Waals surface area contributed by atoms with Gasteiger partial charge in [0.15, 0.2) is 0 Å². The van der Waals surface area contributed by atoms with Crippen LogP contribution in [0.15, 0.2) is 64.2 Å². The highest BCUT2D eigenvalue weighted by atomic mass is 32.2. The van der Waals surface area contributed by atoms with E-state index in [1.165, 1.54) is 11.8 Å². The quantitative estimate of drug-likeness (QED) is 0.226. The number of rotatable bonds is 5. The SMILES string of the molecule is CCOC(=O)c1c(SC)c(C(C#N)=C2C(=C(C#N)C#N)c3ccccc3C2=C(C#N)C#N)c2cc(N(C)C)ccn12. The Morgan fingerprint density at radius 1 is 0.902 bits per heavy atom. The number of aromatic nitrogens is 1. The van der Waals surface area contributed by atoms with Gasteiger partial charge in [-0.3, -0.25) is 0 Å². The van der Waals surface area contributed by atoms with Gasteiger partial charge in [0.25, 0.3) is 0 Å². The van der Waals surface area contributed by atoms with Crippen molar-refractivity contribution in [3.05, 3.63) is 81.7 Å². The lowest BCUT2D eigenvalue weighted by atomic mass is 9.89. The Labute approximate surface area is 241 Å². The third-order valence-electron chi connectivity index (χ3n) is 6.59. The number of hydrogen-bond acceptors (Lipinski definition) is 9. The van der Waals surface area contributed by atoms with Gasteiger partial charge in [-0.1, -0.05) is 24.3 Å². The first-order valence-electron chi connectivity index (χ1n) is 12.2. The van der Waals surface area contributed by atoms with Crippen molar-refractivity contribution >= 4 is 45.7 Å². The standard InChI is InChI=1S/C31H21N7O2S/c1-5-40-31(39)29-30(41-4)27(24-12-20(37(2)3)10-11-38(24)29)23(17-36)28-25(18(13-32)14-33)21-8-6-7-9-22(21)26(28)19(15-34)16-35/h6-12H,5H2,1-4H3. The molecule has 0 amide bonds. The molecular weight excluding hydrogens is 534 g/mol. The second kappa shape index (κ2) is 11.6. The number of ether oxygens (including phenoxy) is 1. The smallest absolute Gasteiger partial charge is 0.356 e. The number of anilines is 1. The summed E-state index contributed by atoms with van der Waals surface area (Å²) in [4.78, 5) is 15.6. The minimum Gasteiger partial charge on any atom is -0.461 e. The summed E-state index contributed by atoms with van der Waals surface area (Å²) in [5, 5.41) is 50.6. The summed E-state index contributed by atoms with van der Waals surface area (Å²) in [6.45, 7) is 1.83. The molecule has 1 aliphatic rings. The van der Waals surface area contributed by atoms with Crippen LogP contribution >= 0.6 is 11.8 Å². The molecule has 4 rings (SSSR count). The number of carbonyl (C=O) groups excluding carboxylic acids is 1. The molecule has 0 bridgehead atoms. The molecule has 198 valence electrons. The average molecular weight is 556 g/mol. The second-order valence-electron chi connectivity index (χ2n) is 8.87. The van der Waals surface area contributed by atoms with E-state index in [9.17, 15) is 31.1 Å². The third-order valence-corrected chi connectivity index (χ3v) is 7.40. The van der Waals surface area contributed by atoms with Crippen molar-refractivity contribution in [2.75, 3.05) is 31.9 Å². The van der Waals surface area contributed by atoms with E-state index in [4.69, 9.17) is 4.74 Å². The zero-order valence-corrected chi connectivity index (χ0v) is 23.4. The first-order valence-corrected chi connectivity index (χ1v) is 13.5. The molecule has 2 heterocycles. The molecular formula is C31H21N7O2S. The lowest BCUT2D eigenvalue weighted by Gasteiger charge is -2.14. The Bertz CT molecular complexity index is 1840. The number of pyridine rings is 1. The number of benzene rings is 1. The van der Waals surface area contributed by atoms with E-state index in [-0.39, 0.29) is 45.7 Å². The number of thioether (sulfide) groups is 1. The third kappa shape index (κ3) is 4.48. The van der Waals surface area contributed by atoms with Gasteiger partial charge in [-0.15, -0.1) is 11.8 Å². The van der Waals surface area contributed by atoms with Crippen LogP contribution in [-0.2, 0) is 4.74 Å². The number of esters is 1. The molecule has 41 heavy (non-hydrogen) atoms. The lowest BCUT2D eigenvalue weighted by Crippen LogP contribution is -2.11. The molecule has 0 N–H and O–H groups in total. The van der Waals surface area contributed by atoms with Crippen molar-refractivity contribution in [3.8, 4) is 30.3 Å². The molecule has 0 aliphatic heterocycles. The lowest BCUT2D eigenvalue weighted by molar-refractivity contribution is 0.0514. The van der Waals surface area contributed by atoms with E-state index in [0.29, 0.717) is 27.1 Å². The van der Waals surface area contributed by atoms with Gasteiger partial charge in [0.1, 0.15) is 47.2 Å². The summed E-state index contributed by atoms with van der Waals surface area (Å²) in [7, 11) is 3.71. The zero-order chi connectivity index (χ0) is 29.8. The van der Waals surface area contributed by atoms with Crippen molar-refractivity contribution in [1.82, 2.24) is 4.40 Å². The maximum atomic E-state index is 13.3. The average Bonchev–Trinajstić information content (AvgIpc) is 3.48. The van der Waals surface area contributed by atoms with Gasteiger partial charge >= 0.3 is 5.97 Å². The maximum absolute atomic E-state index is 13.3. The second-order valence-corrected chi connectivity index (χ2v) is 9.68. The molecule has 1 aliphatic carbocycles. The molecule has 0 atom stereocenters. The molecule has 0 saturated heterocycles. The van der Waals surface area contributed by atoms with Crippen LogP contribution in [0.3, 0.4) is 0 Å². The molecule has 0 fully saturated rings. The van der Waals surface area contributed by atoms with Gasteiger partial charge in [-0.2, -0.15) is 26.3 Å². The van der Waals surface area contributed by atoms with Gasteiger partial charge in [0.05, 0.1) is 17.7 Å². The van der Waals surface area contributed by atoms with E-state index in [1.54, 1.807) is 48.0 Å². The van der Waals surface area contributed by atoms with Crippen molar-refractivity contribution in [2.45, 2.75) is 11.8 Å². The maximum Gasteiger partial charge on any atom is 0.356 e. The molecule has 10 heteroatoms. The van der Waals surface area contributed by atoms with Crippen LogP contribution in [0.4, 0.5) is 5.69 Å². The molecule has 0 radical (unpaired) electrons. The molecule has 0 spiro atoms. The molecule has 2 aromatic heterocycles. The van der Waals surface area contributed by atoms with Crippen LogP contribution in [0.25, 0.3) is 22.2 Å². The minimum atomic E-state index is -0.594. The Hall–Kier alpha value is -5.73. The Morgan fingerprint density at radius 2 is 1.46 bits per heavy atom. The summed E-state index contributed by atoms with van der Waals surface area (Å²) in [6.07, 6.45) is 3.47. The predicted octanol–water partition coefficient (Wildman–Crippen LogP) is 5.50. The van der Waals surface area contributed by atoms with Crippen molar-refractivity contribution in [3.63, 3.8) is 0 Å². The predicted molar refractivity (Wildman–Crippen MR) is 155 cm³/mol. The Balaban J connectivity index is 2.36. The highest BCUT2D eigenvalue weighted by molar-refractivity contribution is 7.98. The van der Waals surface area contributed by atoms with Crippen LogP contribution in [0.5, 0.6) is 0 Å². The van der Waals surface area contributed by atoms with Crippen molar-refractivity contribution < 1.29 is 9.53 Å². The zero-order valence-electron chi connectivity index (χ0n) is 22.6. The van der Waals surface area contributed by atoms with Gasteiger partial charge in [0, 0.05) is 53.2 Å². The molecule has 1 aromatic carbocycles. The van der Waals surface area contributed by atoms with Gasteiger partial charge in [-0.05, 0) is 36.4 Å². The summed E-state index contributed by atoms with van der Waals surface area (Å²) < 4.78 is 7.02. The van der Waals surface area contributed by atoms with Crippen molar-refractivity contribution in [2.24, 2.45) is 0 Å². The minimum absolute atomic E-state index is 0.00510. The number of hydrogen-bond donors (Lipinski definition) is 0. The van der Waals surface area contributed by atoms with Gasteiger partial charge < -0.3 is 14.0 Å². The molecule has 3 aromatic rings.